The first-order valence-corrected chi connectivity index (χ1v) is 10.2. The predicted octanol–water partition coefficient (Wildman–Crippen LogP) is 4.28. The van der Waals surface area contributed by atoms with E-state index in [1.165, 1.54) is 0 Å². The van der Waals surface area contributed by atoms with E-state index in [0.29, 0.717) is 22.6 Å². The van der Waals surface area contributed by atoms with Gasteiger partial charge in [0.05, 0.1) is 12.5 Å². The van der Waals surface area contributed by atoms with Crippen LogP contribution in [0.15, 0.2) is 42.6 Å². The molecule has 3 atom stereocenters. The fourth-order valence-electron chi connectivity index (χ4n) is 3.74. The lowest BCUT2D eigenvalue weighted by Gasteiger charge is -2.44. The number of hydrogen-bond donors (Lipinski definition) is 1. The molecule has 8 heteroatoms. The number of pyridine rings is 1. The zero-order valence-corrected chi connectivity index (χ0v) is 17.0. The van der Waals surface area contributed by atoms with Gasteiger partial charge >= 0.3 is 5.97 Å². The van der Waals surface area contributed by atoms with Crippen LogP contribution in [0.5, 0.6) is 0 Å². The molecule has 2 aliphatic rings. The maximum Gasteiger partial charge on any atom is 0.306 e. The Kier molecular flexibility index (Phi) is 5.76. The number of nitrogens with zero attached hydrogens (tertiary/aromatic N) is 2. The number of aromatic nitrogens is 1. The van der Waals surface area contributed by atoms with Crippen LogP contribution in [0, 0.1) is 5.92 Å². The minimum Gasteiger partial charge on any atom is -0.481 e. The topological polar surface area (TPSA) is 79.7 Å². The molecule has 6 nitrogen and oxygen atoms in total. The number of rotatable bonds is 6. The number of ether oxygens (including phenoxy) is 1. The van der Waals surface area contributed by atoms with E-state index in [0.717, 1.165) is 24.0 Å². The second-order valence-electron chi connectivity index (χ2n) is 7.49. The van der Waals surface area contributed by atoms with Gasteiger partial charge in [-0.05, 0) is 54.2 Å². The molecule has 152 valence electrons. The Morgan fingerprint density at radius 3 is 2.52 bits per heavy atom. The van der Waals surface area contributed by atoms with Gasteiger partial charge in [0.15, 0.2) is 0 Å². The highest BCUT2D eigenvalue weighted by Gasteiger charge is 2.46. The van der Waals surface area contributed by atoms with Gasteiger partial charge in [0.1, 0.15) is 17.4 Å². The van der Waals surface area contributed by atoms with Crippen molar-refractivity contribution in [3.8, 4) is 0 Å². The molecule has 0 bridgehead atoms. The van der Waals surface area contributed by atoms with Crippen molar-refractivity contribution in [1.29, 1.82) is 0 Å². The molecule has 4 rings (SSSR count). The van der Waals surface area contributed by atoms with Gasteiger partial charge in [-0.25, -0.2) is 4.98 Å². The van der Waals surface area contributed by atoms with E-state index < -0.39 is 24.2 Å². The van der Waals surface area contributed by atoms with Crippen LogP contribution in [0.1, 0.15) is 42.5 Å². The van der Waals surface area contributed by atoms with E-state index in [1.807, 2.05) is 12.1 Å². The smallest absolute Gasteiger partial charge is 0.306 e. The van der Waals surface area contributed by atoms with Gasteiger partial charge in [-0.15, -0.1) is 0 Å². The average molecular weight is 435 g/mol. The minimum atomic E-state index is -1.08. The molecule has 29 heavy (non-hydrogen) atoms. The first-order chi connectivity index (χ1) is 13.9. The third-order valence-corrected chi connectivity index (χ3v) is 5.75. The summed E-state index contributed by atoms with van der Waals surface area (Å²) in [6.45, 7) is 0.570. The highest BCUT2D eigenvalue weighted by molar-refractivity contribution is 6.30. The van der Waals surface area contributed by atoms with E-state index in [9.17, 15) is 14.7 Å². The number of carboxylic acid groups (broad SMARTS) is 1. The molecule has 1 saturated carbocycles. The summed E-state index contributed by atoms with van der Waals surface area (Å²) in [6.07, 6.45) is 1.70. The molecular weight excluding hydrogens is 415 g/mol. The van der Waals surface area contributed by atoms with Crippen molar-refractivity contribution < 1.29 is 19.4 Å². The molecule has 2 fully saturated rings. The maximum absolute atomic E-state index is 13.2. The molecule has 0 spiro atoms. The number of amides is 1. The SMILES string of the molecule is O=C(O)C[C@@H]1O[C@H](c2ccnc(Cl)c2)[C@@H](c2ccc(Cl)cc2)N(CC2CC2)C1=O. The number of carbonyl (C=O) groups is 2. The van der Waals surface area contributed by atoms with Gasteiger partial charge < -0.3 is 14.7 Å². The highest BCUT2D eigenvalue weighted by atomic mass is 35.5. The summed E-state index contributed by atoms with van der Waals surface area (Å²) in [5.41, 5.74) is 1.61. The normalized spacial score (nSPS) is 24.6. The maximum atomic E-state index is 13.2. The molecule has 2 aromatic rings. The first-order valence-electron chi connectivity index (χ1n) is 9.47. The van der Waals surface area contributed by atoms with Crippen LogP contribution in [-0.4, -0.2) is 39.5 Å². The third kappa shape index (κ3) is 4.55. The van der Waals surface area contributed by atoms with Crippen LogP contribution >= 0.6 is 23.2 Å². The second kappa shape index (κ2) is 8.30. The zero-order chi connectivity index (χ0) is 20.5. The fraction of sp³-hybridized carbons (Fsp3) is 0.381. The van der Waals surface area contributed by atoms with Crippen LogP contribution in [0.4, 0.5) is 0 Å². The second-order valence-corrected chi connectivity index (χ2v) is 8.31. The molecule has 0 unspecified atom stereocenters. The molecule has 2 heterocycles. The minimum absolute atomic E-state index is 0.296. The third-order valence-electron chi connectivity index (χ3n) is 5.29. The zero-order valence-electron chi connectivity index (χ0n) is 15.5. The fourth-order valence-corrected chi connectivity index (χ4v) is 4.05. The summed E-state index contributed by atoms with van der Waals surface area (Å²) >= 11 is 12.2. The summed E-state index contributed by atoms with van der Waals surface area (Å²) in [4.78, 5) is 30.3. The Bertz CT molecular complexity index is 917. The van der Waals surface area contributed by atoms with Gasteiger partial charge in [0.2, 0.25) is 0 Å². The van der Waals surface area contributed by atoms with Crippen molar-refractivity contribution in [2.75, 3.05) is 6.54 Å². The van der Waals surface area contributed by atoms with Gasteiger partial charge in [0, 0.05) is 17.8 Å². The van der Waals surface area contributed by atoms with E-state index in [4.69, 9.17) is 27.9 Å². The van der Waals surface area contributed by atoms with Gasteiger partial charge in [-0.3, -0.25) is 9.59 Å². The van der Waals surface area contributed by atoms with Crippen LogP contribution in [-0.2, 0) is 14.3 Å². The molecule has 1 saturated heterocycles. The molecule has 1 amide bonds. The van der Waals surface area contributed by atoms with Crippen molar-refractivity contribution in [2.45, 2.75) is 37.5 Å². The Hall–Kier alpha value is -2.15. The highest BCUT2D eigenvalue weighted by Crippen LogP contribution is 2.45. The monoisotopic (exact) mass is 434 g/mol. The number of carboxylic acids is 1. The number of benzene rings is 1. The number of carbonyl (C=O) groups excluding carboxylic acids is 1. The lowest BCUT2D eigenvalue weighted by molar-refractivity contribution is -0.179. The number of aliphatic carboxylic acids is 1. The van der Waals surface area contributed by atoms with E-state index in [1.54, 1.807) is 35.4 Å². The summed E-state index contributed by atoms with van der Waals surface area (Å²) < 4.78 is 6.09. The van der Waals surface area contributed by atoms with Crippen molar-refractivity contribution in [1.82, 2.24) is 9.88 Å². The Morgan fingerprint density at radius 1 is 1.17 bits per heavy atom. The van der Waals surface area contributed by atoms with Crippen molar-refractivity contribution in [3.63, 3.8) is 0 Å². The lowest BCUT2D eigenvalue weighted by Crippen LogP contribution is -2.52. The summed E-state index contributed by atoms with van der Waals surface area (Å²) in [6, 6.07) is 10.4. The van der Waals surface area contributed by atoms with Gasteiger partial charge in [-0.1, -0.05) is 35.3 Å². The van der Waals surface area contributed by atoms with Crippen molar-refractivity contribution in [2.24, 2.45) is 5.92 Å². The Balaban J connectivity index is 1.78. The van der Waals surface area contributed by atoms with Gasteiger partial charge in [-0.2, -0.15) is 0 Å². The van der Waals surface area contributed by atoms with Crippen LogP contribution < -0.4 is 0 Å². The number of morpholine rings is 1. The number of halogens is 2. The molecule has 1 aliphatic heterocycles. The molecule has 1 aromatic heterocycles. The number of hydrogen-bond acceptors (Lipinski definition) is 4. The lowest BCUT2D eigenvalue weighted by atomic mass is 9.91. The molecule has 1 aliphatic carbocycles. The van der Waals surface area contributed by atoms with Crippen LogP contribution in [0.25, 0.3) is 0 Å². The standard InChI is InChI=1S/C21H20Cl2N2O4/c22-15-5-3-13(4-6-15)19-20(14-7-8-24-17(23)9-14)29-16(10-18(26)27)21(28)25(19)11-12-1-2-12/h3-9,12,16,19-20H,1-2,10-11H2,(H,26,27)/t16-,19+,20+/m0/s1. The molecular formula is C21H20Cl2N2O4. The Labute approximate surface area is 178 Å². The van der Waals surface area contributed by atoms with Crippen LogP contribution in [0.2, 0.25) is 10.2 Å². The molecule has 0 radical (unpaired) electrons. The average Bonchev–Trinajstić information content (AvgIpc) is 3.49. The largest absolute Gasteiger partial charge is 0.481 e. The first kappa shape index (κ1) is 20.1. The van der Waals surface area contributed by atoms with Gasteiger partial charge in [0.25, 0.3) is 5.91 Å². The summed E-state index contributed by atoms with van der Waals surface area (Å²) in [5.74, 6) is -0.944. The summed E-state index contributed by atoms with van der Waals surface area (Å²) in [7, 11) is 0. The van der Waals surface area contributed by atoms with Crippen molar-refractivity contribution in [3.05, 3.63) is 63.9 Å². The Morgan fingerprint density at radius 2 is 1.90 bits per heavy atom. The predicted molar refractivity (Wildman–Crippen MR) is 108 cm³/mol. The summed E-state index contributed by atoms with van der Waals surface area (Å²) in [5, 5.41) is 10.2. The van der Waals surface area contributed by atoms with E-state index >= 15 is 0 Å². The quantitative estimate of drug-likeness (QED) is 0.686. The van der Waals surface area contributed by atoms with E-state index in [2.05, 4.69) is 4.98 Å². The molecule has 1 aromatic carbocycles. The van der Waals surface area contributed by atoms with Crippen molar-refractivity contribution >= 4 is 35.1 Å². The van der Waals surface area contributed by atoms with E-state index in [-0.39, 0.29) is 12.3 Å². The van der Waals surface area contributed by atoms with Crippen LogP contribution in [0.3, 0.4) is 0 Å². The molecule has 1 N–H and O–H groups in total.